The van der Waals surface area contributed by atoms with Crippen LogP contribution in [0.15, 0.2) is 23.9 Å². The second-order valence-corrected chi connectivity index (χ2v) is 4.04. The van der Waals surface area contributed by atoms with Gasteiger partial charge in [-0.3, -0.25) is 4.79 Å². The zero-order valence-electron chi connectivity index (χ0n) is 9.00. The molecule has 16 heavy (non-hydrogen) atoms. The zero-order valence-corrected chi connectivity index (χ0v) is 9.00. The minimum atomic E-state index is -0.397. The second kappa shape index (κ2) is 4.67. The first-order valence-electron chi connectivity index (χ1n) is 5.40. The van der Waals surface area contributed by atoms with Crippen molar-refractivity contribution in [2.45, 2.75) is 25.2 Å². The normalized spacial score (nSPS) is 29.3. The monoisotopic (exact) mass is 224 g/mol. The molecule has 0 aromatic heterocycles. The van der Waals surface area contributed by atoms with Crippen molar-refractivity contribution in [3.8, 4) is 0 Å². The Bertz CT molecular complexity index is 338. The summed E-state index contributed by atoms with van der Waals surface area (Å²) in [5, 5.41) is 8.98. The predicted molar refractivity (Wildman–Crippen MR) is 58.1 cm³/mol. The Morgan fingerprint density at radius 1 is 1.62 bits per heavy atom. The largest absolute Gasteiger partial charge is 0.394 e. The Kier molecular flexibility index (Phi) is 3.26. The molecule has 2 heterocycles. The molecule has 5 nitrogen and oxygen atoms in total. The van der Waals surface area contributed by atoms with Crippen LogP contribution >= 0.6 is 0 Å². The molecule has 2 aliphatic rings. The first-order valence-corrected chi connectivity index (χ1v) is 5.40. The van der Waals surface area contributed by atoms with Crippen LogP contribution in [0.2, 0.25) is 0 Å². The second-order valence-electron chi connectivity index (χ2n) is 4.04. The Hall–Kier alpha value is -1.33. The number of nitrogens with two attached hydrogens (primary N) is 1. The third kappa shape index (κ3) is 2.25. The van der Waals surface area contributed by atoms with E-state index in [0.717, 1.165) is 12.8 Å². The van der Waals surface area contributed by atoms with Crippen molar-refractivity contribution in [3.05, 3.63) is 23.9 Å². The molecule has 2 aliphatic heterocycles. The molecule has 3 N–H and O–H groups in total. The Labute approximate surface area is 94.2 Å². The SMILES string of the molecule is NC(=O)C1=CC=CN([C@H]2CC[C@@H](CO)O2)C1. The third-order valence-corrected chi connectivity index (χ3v) is 2.90. The molecule has 0 saturated carbocycles. The summed E-state index contributed by atoms with van der Waals surface area (Å²) in [6.45, 7) is 0.529. The standard InChI is InChI=1S/C11H16N2O3/c12-11(15)8-2-1-5-13(6-8)10-4-3-9(7-14)16-10/h1-2,5,9-10,14H,3-4,6-7H2,(H2,12,15)/t9-,10+/m0/s1. The van der Waals surface area contributed by atoms with E-state index in [0.29, 0.717) is 12.1 Å². The van der Waals surface area contributed by atoms with Crippen molar-refractivity contribution in [1.82, 2.24) is 4.90 Å². The fourth-order valence-corrected chi connectivity index (χ4v) is 1.99. The van der Waals surface area contributed by atoms with E-state index >= 15 is 0 Å². The van der Waals surface area contributed by atoms with Crippen molar-refractivity contribution in [1.29, 1.82) is 0 Å². The van der Waals surface area contributed by atoms with E-state index in [1.165, 1.54) is 0 Å². The fourth-order valence-electron chi connectivity index (χ4n) is 1.99. The van der Waals surface area contributed by atoms with Gasteiger partial charge in [-0.25, -0.2) is 0 Å². The first kappa shape index (κ1) is 11.2. The minimum absolute atomic E-state index is 0.0482. The molecule has 0 aromatic carbocycles. The number of hydrogen-bond acceptors (Lipinski definition) is 4. The molecule has 2 atom stereocenters. The van der Waals surface area contributed by atoms with E-state index in [4.69, 9.17) is 15.6 Å². The molecule has 0 spiro atoms. The number of rotatable bonds is 3. The highest BCUT2D eigenvalue weighted by Gasteiger charge is 2.29. The van der Waals surface area contributed by atoms with E-state index in [2.05, 4.69) is 0 Å². The number of carbonyl (C=O) groups excluding carboxylic acids is 1. The molecular formula is C11H16N2O3. The lowest BCUT2D eigenvalue weighted by molar-refractivity contribution is -0.115. The van der Waals surface area contributed by atoms with Crippen molar-refractivity contribution >= 4 is 5.91 Å². The molecule has 88 valence electrons. The third-order valence-electron chi connectivity index (χ3n) is 2.90. The molecule has 5 heteroatoms. The van der Waals surface area contributed by atoms with Gasteiger partial charge in [-0.05, 0) is 18.9 Å². The van der Waals surface area contributed by atoms with Crippen molar-refractivity contribution < 1.29 is 14.6 Å². The van der Waals surface area contributed by atoms with Crippen LogP contribution in [0, 0.1) is 0 Å². The summed E-state index contributed by atoms with van der Waals surface area (Å²) in [6, 6.07) is 0. The number of nitrogens with zero attached hydrogens (tertiary/aromatic N) is 1. The lowest BCUT2D eigenvalue weighted by atomic mass is 10.1. The van der Waals surface area contributed by atoms with E-state index in [-0.39, 0.29) is 18.9 Å². The maximum Gasteiger partial charge on any atom is 0.246 e. The maximum atomic E-state index is 11.0. The number of ether oxygens (including phenoxy) is 1. The van der Waals surface area contributed by atoms with Crippen LogP contribution < -0.4 is 5.73 Å². The number of carbonyl (C=O) groups is 1. The van der Waals surface area contributed by atoms with E-state index in [1.807, 2.05) is 11.1 Å². The molecule has 1 amide bonds. The molecular weight excluding hydrogens is 208 g/mol. The van der Waals surface area contributed by atoms with Gasteiger partial charge in [0.25, 0.3) is 0 Å². The minimum Gasteiger partial charge on any atom is -0.394 e. The summed E-state index contributed by atoms with van der Waals surface area (Å²) in [5.74, 6) is -0.397. The Morgan fingerprint density at radius 2 is 2.44 bits per heavy atom. The van der Waals surface area contributed by atoms with Crippen LogP contribution in [0.1, 0.15) is 12.8 Å². The highest BCUT2D eigenvalue weighted by atomic mass is 16.5. The van der Waals surface area contributed by atoms with Crippen LogP contribution in [0.25, 0.3) is 0 Å². The van der Waals surface area contributed by atoms with Crippen LogP contribution in [0.4, 0.5) is 0 Å². The van der Waals surface area contributed by atoms with Crippen molar-refractivity contribution in [2.24, 2.45) is 5.73 Å². The van der Waals surface area contributed by atoms with Gasteiger partial charge in [-0.1, -0.05) is 6.08 Å². The summed E-state index contributed by atoms with van der Waals surface area (Å²) in [4.78, 5) is 13.0. The average Bonchev–Trinajstić information content (AvgIpc) is 2.77. The summed E-state index contributed by atoms with van der Waals surface area (Å²) in [7, 11) is 0. The lowest BCUT2D eigenvalue weighted by Gasteiger charge is -2.29. The fraction of sp³-hybridized carbons (Fsp3) is 0.545. The molecule has 1 fully saturated rings. The van der Waals surface area contributed by atoms with Crippen LogP contribution in [0.3, 0.4) is 0 Å². The number of allylic oxidation sites excluding steroid dienone is 2. The molecule has 2 rings (SSSR count). The summed E-state index contributed by atoms with van der Waals surface area (Å²) < 4.78 is 5.62. The molecule has 0 bridgehead atoms. The first-order chi connectivity index (χ1) is 7.70. The van der Waals surface area contributed by atoms with Crippen molar-refractivity contribution in [3.63, 3.8) is 0 Å². The maximum absolute atomic E-state index is 11.0. The van der Waals surface area contributed by atoms with Crippen molar-refractivity contribution in [2.75, 3.05) is 13.2 Å². The molecule has 0 aromatic rings. The van der Waals surface area contributed by atoms with Gasteiger partial charge >= 0.3 is 0 Å². The van der Waals surface area contributed by atoms with Crippen LogP contribution in [0.5, 0.6) is 0 Å². The van der Waals surface area contributed by atoms with Gasteiger partial charge in [0, 0.05) is 11.8 Å². The molecule has 0 aliphatic carbocycles. The summed E-state index contributed by atoms with van der Waals surface area (Å²) in [5.41, 5.74) is 5.81. The topological polar surface area (TPSA) is 75.8 Å². The van der Waals surface area contributed by atoms with Gasteiger partial charge in [0.15, 0.2) is 0 Å². The van der Waals surface area contributed by atoms with Gasteiger partial charge < -0.3 is 20.5 Å². The van der Waals surface area contributed by atoms with E-state index < -0.39 is 5.91 Å². The molecule has 1 saturated heterocycles. The Balaban J connectivity index is 1.96. The highest BCUT2D eigenvalue weighted by molar-refractivity contribution is 5.92. The lowest BCUT2D eigenvalue weighted by Crippen LogP contribution is -2.36. The quantitative estimate of drug-likeness (QED) is 0.691. The Morgan fingerprint density at radius 3 is 3.06 bits per heavy atom. The van der Waals surface area contributed by atoms with Gasteiger partial charge in [0.1, 0.15) is 6.23 Å². The number of hydrogen-bond donors (Lipinski definition) is 2. The van der Waals surface area contributed by atoms with Gasteiger partial charge in [0.2, 0.25) is 5.91 Å². The number of aliphatic hydroxyl groups excluding tert-OH is 1. The molecule has 0 unspecified atom stereocenters. The predicted octanol–water partition coefficient (Wildman–Crippen LogP) is -0.275. The summed E-state index contributed by atoms with van der Waals surface area (Å²) in [6.07, 6.45) is 6.97. The van der Waals surface area contributed by atoms with Gasteiger partial charge in [-0.2, -0.15) is 0 Å². The average molecular weight is 224 g/mol. The summed E-state index contributed by atoms with van der Waals surface area (Å²) >= 11 is 0. The van der Waals surface area contributed by atoms with E-state index in [9.17, 15) is 4.79 Å². The highest BCUT2D eigenvalue weighted by Crippen LogP contribution is 2.24. The van der Waals surface area contributed by atoms with Gasteiger partial charge in [-0.15, -0.1) is 0 Å². The zero-order chi connectivity index (χ0) is 11.5. The number of aliphatic hydroxyl groups is 1. The van der Waals surface area contributed by atoms with Crippen LogP contribution in [-0.2, 0) is 9.53 Å². The smallest absolute Gasteiger partial charge is 0.246 e. The molecule has 0 radical (unpaired) electrons. The van der Waals surface area contributed by atoms with Crippen LogP contribution in [-0.4, -0.2) is 41.4 Å². The van der Waals surface area contributed by atoms with E-state index in [1.54, 1.807) is 12.2 Å². The number of amides is 1. The number of primary amides is 1. The van der Waals surface area contributed by atoms with Gasteiger partial charge in [0.05, 0.1) is 19.3 Å².